The second-order valence-electron chi connectivity index (χ2n) is 4.41. The van der Waals surface area contributed by atoms with Gasteiger partial charge in [-0.25, -0.2) is 12.8 Å². The van der Waals surface area contributed by atoms with Crippen LogP contribution in [0.3, 0.4) is 0 Å². The molecule has 11 heteroatoms. The predicted molar refractivity (Wildman–Crippen MR) is 82.3 cm³/mol. The van der Waals surface area contributed by atoms with Gasteiger partial charge in [0.25, 0.3) is 21.6 Å². The van der Waals surface area contributed by atoms with E-state index in [0.717, 1.165) is 30.3 Å². The van der Waals surface area contributed by atoms with Crippen molar-refractivity contribution in [1.82, 2.24) is 10.3 Å². The van der Waals surface area contributed by atoms with Gasteiger partial charge >= 0.3 is 0 Å². The maximum Gasteiger partial charge on any atom is 0.289 e. The molecular formula is C13H9ClFN3O5S. The number of nitrogens with one attached hydrogen (secondary N) is 2. The molecule has 0 aliphatic heterocycles. The minimum atomic E-state index is -4.32. The summed E-state index contributed by atoms with van der Waals surface area (Å²) in [5.74, 6) is -1.86. The van der Waals surface area contributed by atoms with Gasteiger partial charge in [0.1, 0.15) is 10.8 Å². The Morgan fingerprint density at radius 2 is 1.88 bits per heavy atom. The van der Waals surface area contributed by atoms with Crippen LogP contribution in [0.15, 0.2) is 47.4 Å². The topological polar surface area (TPSA) is 118 Å². The van der Waals surface area contributed by atoms with E-state index in [1.165, 1.54) is 12.1 Å². The molecule has 2 rings (SSSR count). The van der Waals surface area contributed by atoms with E-state index in [0.29, 0.717) is 0 Å². The summed E-state index contributed by atoms with van der Waals surface area (Å²) in [5.41, 5.74) is 0.838. The van der Waals surface area contributed by atoms with Crippen molar-refractivity contribution in [3.8, 4) is 0 Å². The molecule has 2 N–H and O–H groups in total. The summed E-state index contributed by atoms with van der Waals surface area (Å²) in [6.07, 6.45) is 0. The maximum absolute atomic E-state index is 13.4. The summed E-state index contributed by atoms with van der Waals surface area (Å²) in [5, 5.41) is 10.5. The lowest BCUT2D eigenvalue weighted by Crippen LogP contribution is -2.41. The number of hydrogen-bond acceptors (Lipinski definition) is 5. The largest absolute Gasteiger partial charge is 0.289 e. The summed E-state index contributed by atoms with van der Waals surface area (Å²) in [7, 11) is -4.32. The fraction of sp³-hybridized carbons (Fsp3) is 0. The zero-order valence-corrected chi connectivity index (χ0v) is 13.3. The number of nitro benzene ring substituents is 1. The van der Waals surface area contributed by atoms with Crippen molar-refractivity contribution in [2.75, 3.05) is 0 Å². The first kappa shape index (κ1) is 17.8. The molecule has 0 radical (unpaired) electrons. The van der Waals surface area contributed by atoms with E-state index in [2.05, 4.69) is 0 Å². The number of sulfonamides is 1. The molecule has 1 amide bonds. The molecule has 0 aromatic heterocycles. The number of hydrogen-bond donors (Lipinski definition) is 2. The summed E-state index contributed by atoms with van der Waals surface area (Å²) in [4.78, 5) is 22.9. The number of nitrogens with zero attached hydrogens (tertiary/aromatic N) is 1. The fourth-order valence-corrected chi connectivity index (χ4v) is 2.73. The van der Waals surface area contributed by atoms with Gasteiger partial charge in [-0.05, 0) is 24.3 Å². The van der Waals surface area contributed by atoms with Crippen molar-refractivity contribution in [3.63, 3.8) is 0 Å². The van der Waals surface area contributed by atoms with Crippen LogP contribution in [-0.2, 0) is 10.0 Å². The highest BCUT2D eigenvalue weighted by Crippen LogP contribution is 2.26. The summed E-state index contributed by atoms with van der Waals surface area (Å²) < 4.78 is 37.5. The molecule has 8 nitrogen and oxygen atoms in total. The van der Waals surface area contributed by atoms with Crippen molar-refractivity contribution >= 4 is 33.2 Å². The van der Waals surface area contributed by atoms with Crippen LogP contribution in [0.2, 0.25) is 5.02 Å². The van der Waals surface area contributed by atoms with Gasteiger partial charge in [0.15, 0.2) is 0 Å². The molecule has 0 unspecified atom stereocenters. The quantitative estimate of drug-likeness (QED) is 0.614. The van der Waals surface area contributed by atoms with Gasteiger partial charge in [-0.15, -0.1) is 4.83 Å². The van der Waals surface area contributed by atoms with Gasteiger partial charge in [0.05, 0.1) is 15.4 Å². The SMILES string of the molecule is O=C(NNS(=O)(=O)c1ccc(Cl)c([N+](=O)[O-])c1)c1ccccc1F. The Morgan fingerprint density at radius 1 is 1.21 bits per heavy atom. The first-order valence-corrected chi connectivity index (χ1v) is 8.09. The molecule has 2 aromatic rings. The lowest BCUT2D eigenvalue weighted by Gasteiger charge is -2.09. The third kappa shape index (κ3) is 3.85. The molecule has 0 heterocycles. The van der Waals surface area contributed by atoms with E-state index in [4.69, 9.17) is 11.6 Å². The smallest absolute Gasteiger partial charge is 0.273 e. The maximum atomic E-state index is 13.4. The van der Waals surface area contributed by atoms with Crippen molar-refractivity contribution in [1.29, 1.82) is 0 Å². The minimum absolute atomic E-state index is 0.241. The zero-order valence-electron chi connectivity index (χ0n) is 11.7. The Balaban J connectivity index is 2.20. The number of nitro groups is 1. The van der Waals surface area contributed by atoms with E-state index in [-0.39, 0.29) is 10.6 Å². The van der Waals surface area contributed by atoms with Crippen molar-refractivity contribution in [3.05, 3.63) is 69.0 Å². The number of amides is 1. The summed E-state index contributed by atoms with van der Waals surface area (Å²) in [6.45, 7) is 0. The van der Waals surface area contributed by atoms with Crippen molar-refractivity contribution < 1.29 is 22.5 Å². The van der Waals surface area contributed by atoms with E-state index in [1.807, 2.05) is 5.43 Å². The number of carbonyl (C=O) groups is 1. The Hall–Kier alpha value is -2.56. The average molecular weight is 374 g/mol. The first-order chi connectivity index (χ1) is 11.2. The van der Waals surface area contributed by atoms with Gasteiger partial charge in [-0.1, -0.05) is 23.7 Å². The minimum Gasteiger partial charge on any atom is -0.273 e. The molecule has 0 saturated heterocycles. The van der Waals surface area contributed by atoms with Gasteiger partial charge < -0.3 is 0 Å². The summed E-state index contributed by atoms with van der Waals surface area (Å²) in [6, 6.07) is 7.75. The number of carbonyl (C=O) groups excluding carboxylic acids is 1. The van der Waals surface area contributed by atoms with Crippen LogP contribution in [0, 0.1) is 15.9 Å². The van der Waals surface area contributed by atoms with Crippen LogP contribution < -0.4 is 10.3 Å². The Kier molecular flexibility index (Phi) is 5.12. The zero-order chi connectivity index (χ0) is 17.9. The molecule has 0 bridgehead atoms. The molecule has 0 aliphatic carbocycles. The van der Waals surface area contributed by atoms with E-state index in [9.17, 15) is 27.7 Å². The molecular weight excluding hydrogens is 365 g/mol. The molecule has 0 atom stereocenters. The van der Waals surface area contributed by atoms with Gasteiger partial charge in [-0.2, -0.15) is 0 Å². The Morgan fingerprint density at radius 3 is 2.50 bits per heavy atom. The second kappa shape index (κ2) is 6.91. The van der Waals surface area contributed by atoms with Crippen LogP contribution in [-0.4, -0.2) is 19.2 Å². The Bertz CT molecular complexity index is 920. The number of hydrazine groups is 1. The standard InChI is InChI=1S/C13H9ClFN3O5S/c14-10-6-5-8(7-12(10)18(20)21)24(22,23)17-16-13(19)9-3-1-2-4-11(9)15/h1-7,17H,(H,16,19). The van der Waals surface area contributed by atoms with Crippen LogP contribution in [0.5, 0.6) is 0 Å². The third-order valence-electron chi connectivity index (χ3n) is 2.84. The molecule has 126 valence electrons. The van der Waals surface area contributed by atoms with Gasteiger partial charge in [0.2, 0.25) is 0 Å². The molecule has 24 heavy (non-hydrogen) atoms. The average Bonchev–Trinajstić information content (AvgIpc) is 2.53. The molecule has 0 spiro atoms. The summed E-state index contributed by atoms with van der Waals surface area (Å²) >= 11 is 5.60. The van der Waals surface area contributed by atoms with Crippen LogP contribution in [0.25, 0.3) is 0 Å². The molecule has 2 aromatic carbocycles. The van der Waals surface area contributed by atoms with Gasteiger partial charge in [-0.3, -0.25) is 20.3 Å². The molecule has 0 aliphatic rings. The van der Waals surface area contributed by atoms with Crippen LogP contribution >= 0.6 is 11.6 Å². The second-order valence-corrected chi connectivity index (χ2v) is 6.50. The highest BCUT2D eigenvalue weighted by Gasteiger charge is 2.22. The highest BCUT2D eigenvalue weighted by molar-refractivity contribution is 7.89. The predicted octanol–water partition coefficient (Wildman–Crippen LogP) is 2.01. The van der Waals surface area contributed by atoms with Crippen molar-refractivity contribution in [2.24, 2.45) is 0 Å². The first-order valence-electron chi connectivity index (χ1n) is 6.23. The lowest BCUT2D eigenvalue weighted by molar-refractivity contribution is -0.384. The third-order valence-corrected chi connectivity index (χ3v) is 4.41. The van der Waals surface area contributed by atoms with Crippen molar-refractivity contribution in [2.45, 2.75) is 4.90 Å². The number of rotatable bonds is 5. The van der Waals surface area contributed by atoms with Gasteiger partial charge in [0, 0.05) is 6.07 Å². The van der Waals surface area contributed by atoms with E-state index >= 15 is 0 Å². The Labute approximate surface area is 140 Å². The lowest BCUT2D eigenvalue weighted by atomic mass is 10.2. The normalized spacial score (nSPS) is 11.1. The van der Waals surface area contributed by atoms with E-state index in [1.54, 1.807) is 4.83 Å². The molecule has 0 fully saturated rings. The number of benzene rings is 2. The van der Waals surface area contributed by atoms with Crippen LogP contribution in [0.4, 0.5) is 10.1 Å². The molecule has 0 saturated carbocycles. The van der Waals surface area contributed by atoms with E-state index < -0.39 is 37.3 Å². The number of halogens is 2. The monoisotopic (exact) mass is 373 g/mol. The highest BCUT2D eigenvalue weighted by atomic mass is 35.5. The fourth-order valence-electron chi connectivity index (χ4n) is 1.68. The van der Waals surface area contributed by atoms with Crippen LogP contribution in [0.1, 0.15) is 10.4 Å².